The molecule has 47 heavy (non-hydrogen) atoms. The zero-order valence-corrected chi connectivity index (χ0v) is 25.6. The summed E-state index contributed by atoms with van der Waals surface area (Å²) < 4.78 is 7.01. The van der Waals surface area contributed by atoms with E-state index in [0.717, 1.165) is 13.2 Å². The average Bonchev–Trinajstić information content (AvgIpc) is 3.68. The summed E-state index contributed by atoms with van der Waals surface area (Å²) in [5, 5.41) is 35.7. The number of carbonyl (C=O) groups is 1. The molecule has 7 rings (SSSR count). The number of carbonyl (C=O) groups excluding carboxylic acids is 1. The fourth-order valence-electron chi connectivity index (χ4n) is 6.62. The minimum atomic E-state index is -2.01. The van der Waals surface area contributed by atoms with E-state index >= 15 is 0 Å². The quantitative estimate of drug-likeness (QED) is 0.106. The number of H-pyrrole nitrogens is 1. The second-order valence-corrected chi connectivity index (χ2v) is 11.9. The fourth-order valence-corrected chi connectivity index (χ4v) is 6.96. The molecule has 236 valence electrons. The van der Waals surface area contributed by atoms with Crippen molar-refractivity contribution in [1.82, 2.24) is 20.0 Å². The van der Waals surface area contributed by atoms with E-state index in [9.17, 15) is 44.1 Å². The zero-order valence-electron chi connectivity index (χ0n) is 24.0. The Morgan fingerprint density at radius 1 is 1.06 bits per heavy atom. The van der Waals surface area contributed by atoms with E-state index in [0.29, 0.717) is 10.2 Å². The summed E-state index contributed by atoms with van der Waals surface area (Å²) in [4.78, 5) is 84.9. The van der Waals surface area contributed by atoms with E-state index in [1.165, 1.54) is 29.4 Å². The molecule has 16 heteroatoms. The van der Waals surface area contributed by atoms with Crippen LogP contribution in [0.3, 0.4) is 0 Å². The van der Waals surface area contributed by atoms with Crippen molar-refractivity contribution in [2.24, 2.45) is 5.10 Å². The number of aliphatic hydroxyl groups excluding tert-OH is 2. The van der Waals surface area contributed by atoms with Crippen LogP contribution in [0.25, 0.3) is 22.3 Å². The topological polar surface area (TPSA) is 230 Å². The van der Waals surface area contributed by atoms with Crippen LogP contribution >= 0.6 is 15.9 Å². The number of nitrogens with zero attached hydrogens (tertiary/aromatic N) is 3. The van der Waals surface area contributed by atoms with Crippen molar-refractivity contribution in [3.05, 3.63) is 124 Å². The van der Waals surface area contributed by atoms with E-state index in [4.69, 9.17) is 4.74 Å². The number of hydrogen-bond acceptors (Lipinski definition) is 12. The number of aromatic amines is 1. The molecule has 0 bridgehead atoms. The third kappa shape index (κ3) is 4.04. The van der Waals surface area contributed by atoms with E-state index in [2.05, 4.69) is 36.4 Å². The first kappa shape index (κ1) is 29.8. The number of aromatic hydroxyl groups is 1. The van der Waals surface area contributed by atoms with Gasteiger partial charge in [-0.15, -0.1) is 0 Å². The number of aliphatic hydroxyl groups is 2. The lowest BCUT2D eigenvalue weighted by molar-refractivity contribution is -0.121. The number of hydrogen-bond donors (Lipinski definition) is 5. The molecule has 1 spiro atoms. The molecule has 1 amide bonds. The van der Waals surface area contributed by atoms with Gasteiger partial charge in [0.1, 0.15) is 33.8 Å². The molecule has 5 N–H and O–H groups in total. The standard InChI is InChI=1S/C31H20BrN5O10/c1-47-15-6-14(38)19-20(24(15)40)26(42)22-21(25(19)41)28(44)31(29(22)45)3-2-11-4-12-5-13(35-30(46)18(12)27(43)23(11)31)7-34-36-17(39)9-37-10-33-8-16(37)32/h4-8,10,43-45H,2-3,9H2,1H3,(H,35,46)(H,36,39)/t31-/m0/s1. The molecule has 4 aliphatic carbocycles. The summed E-state index contributed by atoms with van der Waals surface area (Å²) in [6, 6.07) is 3.80. The minimum Gasteiger partial charge on any atom is -0.510 e. The Hall–Kier alpha value is -5.90. The van der Waals surface area contributed by atoms with Gasteiger partial charge in [0.25, 0.3) is 11.5 Å². The number of hydrazone groups is 1. The maximum atomic E-state index is 13.6. The summed E-state index contributed by atoms with van der Waals surface area (Å²) in [5.74, 6) is -3.14. The average molecular weight is 702 g/mol. The van der Waals surface area contributed by atoms with Crippen LogP contribution in [0.4, 0.5) is 0 Å². The molecular weight excluding hydrogens is 682 g/mol. The Balaban J connectivity index is 1.37. The lowest BCUT2D eigenvalue weighted by Gasteiger charge is -2.27. The SMILES string of the molecule is COc1cc(=O)c2c(=O)c3c(c(=O)c=2c1=O)=C(O)[C@]1(CCc2cc4cc(C=NNC(=O)Cn5cncc5Br)[nH]c(=O)c4c(O)c21)C=3O. The maximum absolute atomic E-state index is 13.6. The molecule has 0 radical (unpaired) electrons. The summed E-state index contributed by atoms with van der Waals surface area (Å²) in [5.41, 5.74) is -4.31. The number of aromatic nitrogens is 3. The van der Waals surface area contributed by atoms with Crippen molar-refractivity contribution in [2.75, 3.05) is 7.11 Å². The first-order chi connectivity index (χ1) is 22.4. The number of phenolic OH excluding ortho intramolecular Hbond substituents is 1. The molecule has 3 aromatic rings. The highest BCUT2D eigenvalue weighted by molar-refractivity contribution is 9.10. The molecule has 0 saturated heterocycles. The van der Waals surface area contributed by atoms with Crippen molar-refractivity contribution in [3.63, 3.8) is 0 Å². The molecule has 2 heterocycles. The molecule has 0 fully saturated rings. The molecule has 0 saturated carbocycles. The number of methoxy groups -OCH3 is 1. The molecule has 4 aliphatic rings. The van der Waals surface area contributed by atoms with Crippen LogP contribution in [-0.4, -0.2) is 49.1 Å². The Bertz CT molecular complexity index is 2760. The maximum Gasteiger partial charge on any atom is 0.260 e. The minimum absolute atomic E-state index is 0.0759. The van der Waals surface area contributed by atoms with Gasteiger partial charge in [-0.2, -0.15) is 5.10 Å². The Kier molecular flexibility index (Phi) is 6.54. The number of ether oxygens (including phenoxy) is 1. The van der Waals surface area contributed by atoms with Crippen molar-refractivity contribution in [3.8, 4) is 11.5 Å². The molecule has 2 aromatic heterocycles. The van der Waals surface area contributed by atoms with Gasteiger partial charge in [0.2, 0.25) is 16.3 Å². The highest BCUT2D eigenvalue weighted by Crippen LogP contribution is 2.54. The molecule has 0 aliphatic heterocycles. The molecule has 1 atom stereocenters. The van der Waals surface area contributed by atoms with E-state index < -0.39 is 82.5 Å². The van der Waals surface area contributed by atoms with Crippen LogP contribution < -0.4 is 47.9 Å². The lowest BCUT2D eigenvalue weighted by atomic mass is 9.78. The summed E-state index contributed by atoms with van der Waals surface area (Å²) in [7, 11) is 1.11. The van der Waals surface area contributed by atoms with Gasteiger partial charge >= 0.3 is 0 Å². The number of benzene rings is 1. The van der Waals surface area contributed by atoms with Crippen LogP contribution in [0.1, 0.15) is 23.2 Å². The highest BCUT2D eigenvalue weighted by Gasteiger charge is 2.53. The predicted molar refractivity (Wildman–Crippen MR) is 169 cm³/mol. The van der Waals surface area contributed by atoms with Crippen LogP contribution in [-0.2, 0) is 23.2 Å². The summed E-state index contributed by atoms with van der Waals surface area (Å²) >= 11 is 3.25. The Morgan fingerprint density at radius 2 is 1.77 bits per heavy atom. The summed E-state index contributed by atoms with van der Waals surface area (Å²) in [6.45, 7) is -0.0759. The van der Waals surface area contributed by atoms with Gasteiger partial charge in [0.05, 0.1) is 57.8 Å². The molecule has 0 unspecified atom stereocenters. The molecule has 1 aromatic carbocycles. The van der Waals surface area contributed by atoms with Gasteiger partial charge in [-0.3, -0.25) is 28.8 Å². The Morgan fingerprint density at radius 3 is 2.43 bits per heavy atom. The Labute approximate surface area is 267 Å². The smallest absolute Gasteiger partial charge is 0.260 e. The molecule has 15 nitrogen and oxygen atoms in total. The van der Waals surface area contributed by atoms with E-state index in [1.807, 2.05) is 0 Å². The first-order valence-electron chi connectivity index (χ1n) is 13.9. The molecular formula is C31H20BrN5O10. The van der Waals surface area contributed by atoms with Crippen LogP contribution in [0.5, 0.6) is 11.5 Å². The van der Waals surface area contributed by atoms with Gasteiger partial charge in [0.15, 0.2) is 11.2 Å². The highest BCUT2D eigenvalue weighted by atomic mass is 79.9. The van der Waals surface area contributed by atoms with E-state index in [-0.39, 0.29) is 41.4 Å². The van der Waals surface area contributed by atoms with Gasteiger partial charge in [-0.25, -0.2) is 10.4 Å². The monoisotopic (exact) mass is 701 g/mol. The van der Waals surface area contributed by atoms with Gasteiger partial charge in [-0.1, -0.05) is 6.07 Å². The van der Waals surface area contributed by atoms with Crippen molar-refractivity contribution >= 4 is 50.3 Å². The number of pyridine rings is 1. The predicted octanol–water partition coefficient (Wildman–Crippen LogP) is -1.38. The van der Waals surface area contributed by atoms with Crippen LogP contribution in [0.2, 0.25) is 0 Å². The fraction of sp³-hybridized carbons (Fsp3) is 0.161. The van der Waals surface area contributed by atoms with Crippen LogP contribution in [0.15, 0.2) is 64.4 Å². The van der Waals surface area contributed by atoms with E-state index in [1.54, 1.807) is 6.07 Å². The number of rotatable bonds is 5. The number of nitrogens with one attached hydrogen (secondary N) is 2. The van der Waals surface area contributed by atoms with Crippen molar-refractivity contribution in [2.45, 2.75) is 24.8 Å². The number of amides is 1. The van der Waals surface area contributed by atoms with Crippen molar-refractivity contribution in [1.29, 1.82) is 0 Å². The largest absolute Gasteiger partial charge is 0.510 e. The van der Waals surface area contributed by atoms with Gasteiger partial charge in [-0.05, 0) is 45.8 Å². The number of imidazole rings is 1. The second kappa shape index (κ2) is 10.3. The first-order valence-corrected chi connectivity index (χ1v) is 14.7. The third-order valence-electron chi connectivity index (χ3n) is 8.64. The lowest BCUT2D eigenvalue weighted by Crippen LogP contribution is -2.51. The second-order valence-electron chi connectivity index (χ2n) is 11.1. The van der Waals surface area contributed by atoms with Crippen LogP contribution in [0, 0.1) is 10.4 Å². The summed E-state index contributed by atoms with van der Waals surface area (Å²) in [6.07, 6.45) is 4.15. The zero-order chi connectivity index (χ0) is 33.5. The van der Waals surface area contributed by atoms with Gasteiger partial charge in [0, 0.05) is 11.6 Å². The van der Waals surface area contributed by atoms with Gasteiger partial charge < -0.3 is 29.6 Å². The number of halogens is 1. The van der Waals surface area contributed by atoms with Crippen molar-refractivity contribution < 1.29 is 24.9 Å². The third-order valence-corrected chi connectivity index (χ3v) is 9.30. The number of fused-ring (bicyclic) bond motifs is 4. The number of phenols is 1. The normalized spacial score (nSPS) is 16.9. The number of aryl methyl sites for hydroxylation is 1.